The van der Waals surface area contributed by atoms with Crippen molar-refractivity contribution in [3.8, 4) is 11.4 Å². The van der Waals surface area contributed by atoms with Gasteiger partial charge in [-0.1, -0.05) is 41.0 Å². The van der Waals surface area contributed by atoms with Crippen LogP contribution < -0.4 is 5.32 Å². The highest BCUT2D eigenvalue weighted by Crippen LogP contribution is 2.31. The Morgan fingerprint density at radius 1 is 1.30 bits per heavy atom. The van der Waals surface area contributed by atoms with Crippen molar-refractivity contribution in [3.63, 3.8) is 0 Å². The zero-order valence-electron chi connectivity index (χ0n) is 16.2. The molecule has 1 fully saturated rings. The van der Waals surface area contributed by atoms with Gasteiger partial charge in [0.05, 0.1) is 46.0 Å². The van der Waals surface area contributed by atoms with E-state index in [1.807, 2.05) is 17.6 Å². The Kier molecular flexibility index (Phi) is 6.67. The number of carbonyl (C=O) groups excluding carboxylic acids is 1. The van der Waals surface area contributed by atoms with Crippen LogP contribution in [-0.2, 0) is 16.1 Å². The molecule has 158 valence electrons. The highest BCUT2D eigenvalue weighted by molar-refractivity contribution is 7.99. The van der Waals surface area contributed by atoms with E-state index in [2.05, 4.69) is 15.5 Å². The fourth-order valence-electron chi connectivity index (χ4n) is 3.29. The van der Waals surface area contributed by atoms with Gasteiger partial charge in [0.25, 0.3) is 0 Å². The van der Waals surface area contributed by atoms with Crippen molar-refractivity contribution >= 4 is 46.6 Å². The fraction of sp³-hybridized carbons (Fsp3) is 0.350. The summed E-state index contributed by atoms with van der Waals surface area (Å²) in [6, 6.07) is 6.94. The fourth-order valence-corrected chi connectivity index (χ4v) is 4.53. The molecule has 1 atom stereocenters. The number of hydrogen-bond donors (Lipinski definition) is 1. The molecule has 3 heterocycles. The second-order valence-electron chi connectivity index (χ2n) is 6.88. The van der Waals surface area contributed by atoms with Crippen molar-refractivity contribution in [3.05, 3.63) is 46.3 Å². The molecule has 0 aliphatic carbocycles. The summed E-state index contributed by atoms with van der Waals surface area (Å²) >= 11 is 13.6. The van der Waals surface area contributed by atoms with Gasteiger partial charge < -0.3 is 14.5 Å². The van der Waals surface area contributed by atoms with Crippen LogP contribution >= 0.6 is 35.0 Å². The highest BCUT2D eigenvalue weighted by Gasteiger charge is 2.23. The smallest absolute Gasteiger partial charge is 0.234 e. The number of carbonyl (C=O) groups is 1. The third-order valence-corrected chi connectivity index (χ3v) is 6.38. The Bertz CT molecular complexity index is 1030. The normalized spacial score (nSPS) is 16.2. The molecule has 1 aliphatic heterocycles. The van der Waals surface area contributed by atoms with Gasteiger partial charge in [0.15, 0.2) is 11.0 Å². The van der Waals surface area contributed by atoms with E-state index in [1.54, 1.807) is 24.5 Å². The van der Waals surface area contributed by atoms with Crippen LogP contribution in [0.25, 0.3) is 11.4 Å². The van der Waals surface area contributed by atoms with Gasteiger partial charge >= 0.3 is 0 Å². The Morgan fingerprint density at radius 3 is 2.77 bits per heavy atom. The number of nitrogens with zero attached hydrogens (tertiary/aromatic N) is 3. The van der Waals surface area contributed by atoms with Gasteiger partial charge in [0.1, 0.15) is 5.76 Å². The molecule has 1 aromatic carbocycles. The second-order valence-corrected chi connectivity index (χ2v) is 8.63. The van der Waals surface area contributed by atoms with E-state index in [9.17, 15) is 4.79 Å². The van der Waals surface area contributed by atoms with Crippen LogP contribution in [0.2, 0.25) is 10.0 Å². The molecule has 1 amide bonds. The largest absolute Gasteiger partial charge is 0.469 e. The van der Waals surface area contributed by atoms with Crippen molar-refractivity contribution < 1.29 is 13.9 Å². The molecular formula is C20H20Cl2N4O3S. The number of thioether (sulfide) groups is 1. The van der Waals surface area contributed by atoms with Gasteiger partial charge in [-0.05, 0) is 38.0 Å². The van der Waals surface area contributed by atoms with E-state index in [1.165, 1.54) is 11.8 Å². The number of aryl methyl sites for hydroxylation is 1. The van der Waals surface area contributed by atoms with E-state index in [4.69, 9.17) is 32.4 Å². The summed E-state index contributed by atoms with van der Waals surface area (Å²) < 4.78 is 13.2. The Labute approximate surface area is 188 Å². The first-order valence-corrected chi connectivity index (χ1v) is 11.2. The van der Waals surface area contributed by atoms with E-state index in [0.717, 1.165) is 30.8 Å². The summed E-state index contributed by atoms with van der Waals surface area (Å²) in [5, 5.41) is 12.9. The van der Waals surface area contributed by atoms with Gasteiger partial charge in [-0.3, -0.25) is 9.36 Å². The third-order valence-electron chi connectivity index (χ3n) is 4.79. The lowest BCUT2D eigenvalue weighted by Gasteiger charge is -2.14. The summed E-state index contributed by atoms with van der Waals surface area (Å²) in [5.74, 6) is 1.37. The monoisotopic (exact) mass is 466 g/mol. The molecule has 3 aromatic rings. The molecule has 4 rings (SSSR count). The zero-order chi connectivity index (χ0) is 21.1. The van der Waals surface area contributed by atoms with Crippen LogP contribution in [0, 0.1) is 6.92 Å². The van der Waals surface area contributed by atoms with Crippen molar-refractivity contribution in [2.75, 3.05) is 17.7 Å². The van der Waals surface area contributed by atoms with Crippen molar-refractivity contribution in [1.29, 1.82) is 0 Å². The quantitative estimate of drug-likeness (QED) is 0.489. The average molecular weight is 467 g/mol. The predicted octanol–water partition coefficient (Wildman–Crippen LogP) is 5.06. The molecule has 0 spiro atoms. The number of anilines is 1. The van der Waals surface area contributed by atoms with Crippen molar-refractivity contribution in [1.82, 2.24) is 14.8 Å². The minimum atomic E-state index is -0.234. The van der Waals surface area contributed by atoms with E-state index < -0.39 is 0 Å². The lowest BCUT2D eigenvalue weighted by Crippen LogP contribution is -2.18. The number of aromatic nitrogens is 3. The lowest BCUT2D eigenvalue weighted by molar-refractivity contribution is -0.113. The average Bonchev–Trinajstić information content (AvgIpc) is 3.46. The molecular weight excluding hydrogens is 447 g/mol. The standard InChI is InChI=1S/C20H20Cl2N4O3S/c1-12-14(7-9-28-12)19-24-25-20(26(19)10-13-4-3-8-29-13)30-11-17(27)23-18-15(21)5-2-6-16(18)22/h2,5-7,9,13H,3-4,8,10-11H2,1H3,(H,23,27). The van der Waals surface area contributed by atoms with E-state index in [0.29, 0.717) is 33.3 Å². The molecule has 0 radical (unpaired) electrons. The van der Waals surface area contributed by atoms with Crippen LogP contribution in [-0.4, -0.2) is 39.1 Å². The summed E-state index contributed by atoms with van der Waals surface area (Å²) in [5.41, 5.74) is 1.28. The summed E-state index contributed by atoms with van der Waals surface area (Å²) in [4.78, 5) is 12.5. The maximum absolute atomic E-state index is 12.5. The van der Waals surface area contributed by atoms with Gasteiger partial charge in [-0.25, -0.2) is 0 Å². The SMILES string of the molecule is Cc1occc1-c1nnc(SCC(=O)Nc2c(Cl)cccc2Cl)n1CC1CCCO1. The number of para-hydroxylation sites is 1. The first kappa shape index (κ1) is 21.2. The van der Waals surface area contributed by atoms with Gasteiger partial charge in [-0.2, -0.15) is 0 Å². The van der Waals surface area contributed by atoms with Crippen molar-refractivity contribution in [2.45, 2.75) is 37.6 Å². The third kappa shape index (κ3) is 4.67. The Hall–Kier alpha value is -2.00. The number of ether oxygens (including phenoxy) is 1. The Balaban J connectivity index is 1.51. The maximum Gasteiger partial charge on any atom is 0.234 e. The molecule has 0 bridgehead atoms. The maximum atomic E-state index is 12.5. The molecule has 1 N–H and O–H groups in total. The predicted molar refractivity (Wildman–Crippen MR) is 117 cm³/mol. The van der Waals surface area contributed by atoms with Crippen molar-refractivity contribution in [2.24, 2.45) is 0 Å². The highest BCUT2D eigenvalue weighted by atomic mass is 35.5. The van der Waals surface area contributed by atoms with Crippen LogP contribution in [0.15, 0.2) is 40.1 Å². The number of nitrogens with one attached hydrogen (secondary N) is 1. The van der Waals surface area contributed by atoms with Gasteiger partial charge in [0.2, 0.25) is 5.91 Å². The number of benzene rings is 1. The number of rotatable bonds is 7. The van der Waals surface area contributed by atoms with E-state index >= 15 is 0 Å². The molecule has 1 unspecified atom stereocenters. The van der Waals surface area contributed by atoms with Crippen LogP contribution in [0.4, 0.5) is 5.69 Å². The van der Waals surface area contributed by atoms with Crippen LogP contribution in [0.5, 0.6) is 0 Å². The first-order valence-electron chi connectivity index (χ1n) is 9.49. The summed E-state index contributed by atoms with van der Waals surface area (Å²) in [6.45, 7) is 3.26. The molecule has 2 aromatic heterocycles. The number of furan rings is 1. The molecule has 30 heavy (non-hydrogen) atoms. The molecule has 1 saturated heterocycles. The lowest BCUT2D eigenvalue weighted by atomic mass is 10.2. The van der Waals surface area contributed by atoms with Crippen LogP contribution in [0.3, 0.4) is 0 Å². The van der Waals surface area contributed by atoms with Gasteiger partial charge in [0, 0.05) is 6.61 Å². The minimum absolute atomic E-state index is 0.0991. The molecule has 1 aliphatic rings. The Morgan fingerprint density at radius 2 is 2.10 bits per heavy atom. The topological polar surface area (TPSA) is 82.2 Å². The number of hydrogen-bond acceptors (Lipinski definition) is 6. The number of halogens is 2. The molecule has 0 saturated carbocycles. The van der Waals surface area contributed by atoms with E-state index in [-0.39, 0.29) is 17.8 Å². The summed E-state index contributed by atoms with van der Waals surface area (Å²) in [7, 11) is 0. The number of amides is 1. The minimum Gasteiger partial charge on any atom is -0.469 e. The molecule has 10 heteroatoms. The van der Waals surface area contributed by atoms with Gasteiger partial charge in [-0.15, -0.1) is 10.2 Å². The zero-order valence-corrected chi connectivity index (χ0v) is 18.6. The first-order chi connectivity index (χ1) is 14.5. The second kappa shape index (κ2) is 9.43. The summed E-state index contributed by atoms with van der Waals surface area (Å²) in [6.07, 6.45) is 3.75. The van der Waals surface area contributed by atoms with Crippen LogP contribution in [0.1, 0.15) is 18.6 Å². The molecule has 7 nitrogen and oxygen atoms in total.